The van der Waals surface area contributed by atoms with Crippen molar-refractivity contribution in [2.75, 3.05) is 14.2 Å². The average Bonchev–Trinajstić information content (AvgIpc) is 3.46. The lowest BCUT2D eigenvalue weighted by Gasteiger charge is -2.11. The van der Waals surface area contributed by atoms with Crippen molar-refractivity contribution in [2.45, 2.75) is 115 Å². The number of hydrogen-bond acceptors (Lipinski definition) is 8. The minimum Gasteiger partial charge on any atom is -0.497 e. The largest absolute Gasteiger partial charge is 0.497 e. The summed E-state index contributed by atoms with van der Waals surface area (Å²) < 4.78 is 52.7. The minimum absolute atomic E-state index is 0.0832. The van der Waals surface area contributed by atoms with Gasteiger partial charge in [0.2, 0.25) is 0 Å². The number of aryl methyl sites for hydroxylation is 1. The molecule has 0 unspecified atom stereocenters. The number of aromatic amines is 1. The van der Waals surface area contributed by atoms with E-state index in [0.29, 0.717) is 35.1 Å². The van der Waals surface area contributed by atoms with Crippen LogP contribution in [0.1, 0.15) is 109 Å². The van der Waals surface area contributed by atoms with Gasteiger partial charge < -0.3 is 14.2 Å². The zero-order valence-electron chi connectivity index (χ0n) is 30.8. The molecule has 0 radical (unpaired) electrons. The van der Waals surface area contributed by atoms with E-state index in [1.54, 1.807) is 55.6 Å². The van der Waals surface area contributed by atoms with Gasteiger partial charge in [0.1, 0.15) is 33.6 Å². The fourth-order valence-electron chi connectivity index (χ4n) is 6.12. The Balaban J connectivity index is 1.46. The molecule has 0 saturated heterocycles. The van der Waals surface area contributed by atoms with Gasteiger partial charge in [-0.2, -0.15) is 8.42 Å². The number of hydrogen-bond donors (Lipinski definition) is 2. The molecule has 0 amide bonds. The first-order valence-corrected chi connectivity index (χ1v) is 20.0. The van der Waals surface area contributed by atoms with Crippen molar-refractivity contribution in [1.29, 1.82) is 0 Å². The fourth-order valence-corrected chi connectivity index (χ4v) is 6.76. The fraction of sp³-hybridized carbons (Fsp3) is 0.475. The molecular weight excluding hydrogens is 681 g/mol. The lowest BCUT2D eigenvalue weighted by Crippen LogP contribution is -2.15. The molecule has 12 heteroatoms. The molecule has 52 heavy (non-hydrogen) atoms. The van der Waals surface area contributed by atoms with Crippen LogP contribution < -0.4 is 19.8 Å². The Labute approximate surface area is 308 Å². The summed E-state index contributed by atoms with van der Waals surface area (Å²) in [5.74, 6) is 1.31. The maximum atomic E-state index is 13.9. The van der Waals surface area contributed by atoms with Crippen molar-refractivity contribution in [3.63, 3.8) is 0 Å². The van der Waals surface area contributed by atoms with Crippen molar-refractivity contribution in [3.05, 3.63) is 82.8 Å². The van der Waals surface area contributed by atoms with Gasteiger partial charge in [0.25, 0.3) is 15.7 Å². The zero-order chi connectivity index (χ0) is 37.2. The van der Waals surface area contributed by atoms with Crippen LogP contribution in [-0.4, -0.2) is 37.0 Å². The Morgan fingerprint density at radius 3 is 1.87 bits per heavy atom. The van der Waals surface area contributed by atoms with Gasteiger partial charge in [0, 0.05) is 6.07 Å². The summed E-state index contributed by atoms with van der Waals surface area (Å²) in [6.45, 7) is 2.26. The van der Waals surface area contributed by atoms with E-state index in [1.807, 2.05) is 0 Å². The number of nitrogens with one attached hydrogen (secondary N) is 1. The second-order valence-corrected chi connectivity index (χ2v) is 14.4. The molecule has 3 aromatic carbocycles. The van der Waals surface area contributed by atoms with Crippen molar-refractivity contribution < 1.29 is 27.2 Å². The maximum Gasteiger partial charge on any atom is 0.299 e. The Morgan fingerprint density at radius 2 is 1.29 bits per heavy atom. The molecule has 0 saturated carbocycles. The van der Waals surface area contributed by atoms with Crippen molar-refractivity contribution in [2.24, 2.45) is 10.2 Å². The highest BCUT2D eigenvalue weighted by Gasteiger charge is 2.22. The van der Waals surface area contributed by atoms with Crippen LogP contribution in [0.4, 0.5) is 11.4 Å². The summed E-state index contributed by atoms with van der Waals surface area (Å²) >= 11 is 0. The summed E-state index contributed by atoms with van der Waals surface area (Å²) in [6.07, 6.45) is 19.2. The number of methoxy groups -OCH3 is 2. The average molecular weight is 735 g/mol. The van der Waals surface area contributed by atoms with Gasteiger partial charge >= 0.3 is 0 Å². The third kappa shape index (κ3) is 12.4. The van der Waals surface area contributed by atoms with Crippen LogP contribution in [0.15, 0.2) is 86.6 Å². The standard InChI is InChI=1S/C40H54N4O7S/c1-4-5-6-7-8-9-10-11-12-13-14-15-16-17-21-24-34-39(42-41-35-30-33(49-2)26-28-36(35)50-3)40(45)44(43-34)31-25-27-37(38(29-31)52(46,47)48)51-32-22-19-18-20-23-32/h18-20,22-23,25-30,43H,4-17,21,24H2,1-3H3,(H,46,47,48). The number of para-hydroxylation sites is 1. The number of nitrogens with zero attached hydrogens (tertiary/aromatic N) is 3. The molecule has 0 atom stereocenters. The van der Waals surface area contributed by atoms with E-state index in [1.165, 1.54) is 107 Å². The highest BCUT2D eigenvalue weighted by atomic mass is 32.2. The molecule has 0 fully saturated rings. The topological polar surface area (TPSA) is 145 Å². The van der Waals surface area contributed by atoms with Crippen LogP contribution in [0, 0.1) is 0 Å². The van der Waals surface area contributed by atoms with Crippen molar-refractivity contribution in [3.8, 4) is 28.7 Å². The van der Waals surface area contributed by atoms with Gasteiger partial charge in [0.05, 0.1) is 25.6 Å². The zero-order valence-corrected chi connectivity index (χ0v) is 31.6. The minimum atomic E-state index is -4.72. The first-order valence-electron chi connectivity index (χ1n) is 18.6. The van der Waals surface area contributed by atoms with Crippen LogP contribution in [0.5, 0.6) is 23.0 Å². The molecule has 4 rings (SSSR count). The summed E-state index contributed by atoms with van der Waals surface area (Å²) in [5.41, 5.74) is 0.676. The number of benzene rings is 3. The van der Waals surface area contributed by atoms with Gasteiger partial charge in [-0.3, -0.25) is 14.4 Å². The SMILES string of the molecule is CCCCCCCCCCCCCCCCCc1[nH]n(-c2ccc(Oc3ccccc3)c(S(=O)(=O)O)c2)c(=O)c1N=Nc1cc(OC)ccc1OC. The lowest BCUT2D eigenvalue weighted by molar-refractivity contribution is 0.404. The van der Waals surface area contributed by atoms with Gasteiger partial charge in [0.15, 0.2) is 5.69 Å². The van der Waals surface area contributed by atoms with E-state index in [-0.39, 0.29) is 17.1 Å². The number of H-pyrrole nitrogens is 1. The smallest absolute Gasteiger partial charge is 0.299 e. The highest BCUT2D eigenvalue weighted by Crippen LogP contribution is 2.34. The Hall–Kier alpha value is -4.42. The predicted octanol–water partition coefficient (Wildman–Crippen LogP) is 11.1. The molecule has 0 aliphatic carbocycles. The van der Waals surface area contributed by atoms with Crippen LogP contribution in [-0.2, 0) is 16.5 Å². The van der Waals surface area contributed by atoms with E-state index in [4.69, 9.17) is 14.2 Å². The normalized spacial score (nSPS) is 11.7. The summed E-state index contributed by atoms with van der Waals surface area (Å²) in [7, 11) is -1.66. The van der Waals surface area contributed by atoms with Gasteiger partial charge in [-0.25, -0.2) is 4.68 Å². The molecule has 4 aromatic rings. The molecular formula is C40H54N4O7S. The van der Waals surface area contributed by atoms with Crippen LogP contribution in [0.2, 0.25) is 0 Å². The number of ether oxygens (including phenoxy) is 3. The van der Waals surface area contributed by atoms with E-state index in [0.717, 1.165) is 19.3 Å². The van der Waals surface area contributed by atoms with Crippen LogP contribution in [0.25, 0.3) is 5.69 Å². The first kappa shape index (κ1) is 40.4. The van der Waals surface area contributed by atoms with Crippen LogP contribution >= 0.6 is 0 Å². The van der Waals surface area contributed by atoms with Crippen molar-refractivity contribution in [1.82, 2.24) is 9.78 Å². The van der Waals surface area contributed by atoms with E-state index in [2.05, 4.69) is 22.3 Å². The molecule has 0 aliphatic rings. The third-order valence-electron chi connectivity index (χ3n) is 9.05. The molecule has 282 valence electrons. The summed E-state index contributed by atoms with van der Waals surface area (Å²) in [4.78, 5) is 13.4. The van der Waals surface area contributed by atoms with Crippen LogP contribution in [0.3, 0.4) is 0 Å². The molecule has 0 spiro atoms. The molecule has 0 bridgehead atoms. The molecule has 1 aromatic heterocycles. The Bertz CT molecular complexity index is 1870. The first-order chi connectivity index (χ1) is 25.2. The number of unbranched alkanes of at least 4 members (excludes halogenated alkanes) is 14. The summed E-state index contributed by atoms with van der Waals surface area (Å²) in [6, 6.07) is 17.8. The van der Waals surface area contributed by atoms with Crippen molar-refractivity contribution >= 4 is 21.5 Å². The molecule has 1 heterocycles. The number of rotatable bonds is 24. The van der Waals surface area contributed by atoms with Gasteiger partial charge in [-0.05, 0) is 55.3 Å². The van der Waals surface area contributed by atoms with Gasteiger partial charge in [-0.1, -0.05) is 115 Å². The second kappa shape index (κ2) is 21.2. The monoisotopic (exact) mass is 734 g/mol. The quantitative estimate of drug-likeness (QED) is 0.0414. The molecule has 0 aliphatic heterocycles. The Morgan fingerprint density at radius 1 is 0.692 bits per heavy atom. The Kier molecular flexibility index (Phi) is 16.4. The molecule has 2 N–H and O–H groups in total. The number of aromatic nitrogens is 2. The maximum absolute atomic E-state index is 13.9. The van der Waals surface area contributed by atoms with E-state index >= 15 is 0 Å². The predicted molar refractivity (Wildman–Crippen MR) is 205 cm³/mol. The summed E-state index contributed by atoms with van der Waals surface area (Å²) in [5, 5.41) is 11.9. The van der Waals surface area contributed by atoms with E-state index in [9.17, 15) is 17.8 Å². The van der Waals surface area contributed by atoms with Gasteiger partial charge in [-0.15, -0.1) is 10.2 Å². The van der Waals surface area contributed by atoms with E-state index < -0.39 is 20.6 Å². The lowest BCUT2D eigenvalue weighted by atomic mass is 10.0. The second-order valence-electron chi connectivity index (χ2n) is 13.0. The molecule has 11 nitrogen and oxygen atoms in total. The number of azo groups is 1. The third-order valence-corrected chi connectivity index (χ3v) is 9.92. The highest BCUT2D eigenvalue weighted by molar-refractivity contribution is 7.86.